The van der Waals surface area contributed by atoms with Gasteiger partial charge in [-0.25, -0.2) is 4.98 Å². The maximum absolute atomic E-state index is 4.75. The van der Waals surface area contributed by atoms with E-state index in [1.165, 1.54) is 22.0 Å². The van der Waals surface area contributed by atoms with Gasteiger partial charge in [0.15, 0.2) is 5.16 Å². The second kappa shape index (κ2) is 6.21. The number of hydrogen-bond acceptors (Lipinski definition) is 3. The van der Waals surface area contributed by atoms with Crippen LogP contribution in [0.2, 0.25) is 0 Å². The minimum atomic E-state index is 0.897. The zero-order valence-electron chi connectivity index (χ0n) is 13.8. The van der Waals surface area contributed by atoms with Crippen LogP contribution in [-0.4, -0.2) is 24.1 Å². The largest absolute Gasteiger partial charge is 0.377 e. The molecule has 4 rings (SSSR count). The van der Waals surface area contributed by atoms with E-state index in [-0.39, 0.29) is 0 Å². The molecule has 0 aliphatic carbocycles. The number of thioether (sulfide) groups is 1. The molecule has 0 bridgehead atoms. The van der Waals surface area contributed by atoms with Crippen molar-refractivity contribution in [3.8, 4) is 0 Å². The molecule has 0 saturated heterocycles. The molecule has 0 aliphatic heterocycles. The van der Waals surface area contributed by atoms with Gasteiger partial charge in [0.25, 0.3) is 0 Å². The molecule has 4 aromatic rings. The standard InChI is InChI=1S/C20H19N3S/c1-23(2)19-10-6-5-9-16(19)13-24-20-21-17-11-14-7-3-4-8-15(14)12-18(17)22-20/h3-12H,13H2,1-2H3,(H,21,22). The third-order valence-corrected chi connectivity index (χ3v) is 5.09. The molecule has 0 amide bonds. The van der Waals surface area contributed by atoms with E-state index in [0.29, 0.717) is 0 Å². The van der Waals surface area contributed by atoms with Gasteiger partial charge in [-0.15, -0.1) is 0 Å². The van der Waals surface area contributed by atoms with Crippen LogP contribution in [0.3, 0.4) is 0 Å². The van der Waals surface area contributed by atoms with Gasteiger partial charge in [0.2, 0.25) is 0 Å². The van der Waals surface area contributed by atoms with Crippen molar-refractivity contribution in [1.29, 1.82) is 0 Å². The van der Waals surface area contributed by atoms with Gasteiger partial charge in [0, 0.05) is 25.5 Å². The number of rotatable bonds is 4. The Morgan fingerprint density at radius 3 is 2.46 bits per heavy atom. The molecule has 0 fully saturated rings. The Morgan fingerprint density at radius 1 is 0.958 bits per heavy atom. The number of anilines is 1. The average molecular weight is 333 g/mol. The number of H-pyrrole nitrogens is 1. The van der Waals surface area contributed by atoms with E-state index in [9.17, 15) is 0 Å². The first kappa shape index (κ1) is 15.1. The van der Waals surface area contributed by atoms with Crippen molar-refractivity contribution in [2.75, 3.05) is 19.0 Å². The minimum absolute atomic E-state index is 0.897. The number of aromatic amines is 1. The summed E-state index contributed by atoms with van der Waals surface area (Å²) in [6.07, 6.45) is 0. The van der Waals surface area contributed by atoms with Crippen molar-refractivity contribution in [1.82, 2.24) is 9.97 Å². The molecule has 1 heterocycles. The fourth-order valence-corrected chi connectivity index (χ4v) is 3.84. The number of hydrogen-bond donors (Lipinski definition) is 1. The maximum atomic E-state index is 4.75. The Labute approximate surface area is 145 Å². The number of benzene rings is 3. The van der Waals surface area contributed by atoms with Gasteiger partial charge in [-0.1, -0.05) is 54.2 Å². The fraction of sp³-hybridized carbons (Fsp3) is 0.150. The van der Waals surface area contributed by atoms with Crippen LogP contribution in [0.5, 0.6) is 0 Å². The number of fused-ring (bicyclic) bond motifs is 2. The van der Waals surface area contributed by atoms with E-state index in [1.54, 1.807) is 11.8 Å². The molecule has 4 heteroatoms. The topological polar surface area (TPSA) is 31.9 Å². The first-order valence-electron chi connectivity index (χ1n) is 7.97. The highest BCUT2D eigenvalue weighted by Crippen LogP contribution is 2.29. The van der Waals surface area contributed by atoms with E-state index in [2.05, 4.69) is 84.6 Å². The normalized spacial score (nSPS) is 11.2. The van der Waals surface area contributed by atoms with Crippen LogP contribution in [0.15, 0.2) is 65.8 Å². The summed E-state index contributed by atoms with van der Waals surface area (Å²) in [4.78, 5) is 10.3. The third kappa shape index (κ3) is 2.85. The molecular formula is C20H19N3S. The maximum Gasteiger partial charge on any atom is 0.166 e. The highest BCUT2D eigenvalue weighted by Gasteiger charge is 2.08. The molecule has 0 saturated carbocycles. The van der Waals surface area contributed by atoms with E-state index in [4.69, 9.17) is 4.98 Å². The predicted octanol–water partition coefficient (Wildman–Crippen LogP) is 5.07. The lowest BCUT2D eigenvalue weighted by Crippen LogP contribution is -2.10. The van der Waals surface area contributed by atoms with Crippen LogP contribution >= 0.6 is 11.8 Å². The number of nitrogens with one attached hydrogen (secondary N) is 1. The van der Waals surface area contributed by atoms with Gasteiger partial charge in [0.1, 0.15) is 0 Å². The molecule has 3 nitrogen and oxygen atoms in total. The van der Waals surface area contributed by atoms with Gasteiger partial charge in [-0.3, -0.25) is 0 Å². The molecule has 1 N–H and O–H groups in total. The Bertz CT molecular complexity index is 952. The quantitative estimate of drug-likeness (QED) is 0.529. The lowest BCUT2D eigenvalue weighted by Gasteiger charge is -2.16. The molecule has 0 radical (unpaired) electrons. The van der Waals surface area contributed by atoms with Crippen LogP contribution in [0.1, 0.15) is 5.56 Å². The van der Waals surface area contributed by atoms with E-state index in [0.717, 1.165) is 21.9 Å². The number of aromatic nitrogens is 2. The van der Waals surface area contributed by atoms with Gasteiger partial charge < -0.3 is 9.88 Å². The summed E-state index contributed by atoms with van der Waals surface area (Å²) in [5, 5.41) is 3.43. The molecule has 0 spiro atoms. The van der Waals surface area contributed by atoms with E-state index in [1.807, 2.05) is 0 Å². The Hall–Kier alpha value is -2.46. The van der Waals surface area contributed by atoms with Crippen LogP contribution in [0.25, 0.3) is 21.8 Å². The summed E-state index contributed by atoms with van der Waals surface area (Å²) in [5.74, 6) is 0.897. The molecule has 0 atom stereocenters. The predicted molar refractivity (Wildman–Crippen MR) is 104 cm³/mol. The van der Waals surface area contributed by atoms with Crippen molar-refractivity contribution in [2.24, 2.45) is 0 Å². The Kier molecular flexibility index (Phi) is 3.90. The van der Waals surface area contributed by atoms with Crippen molar-refractivity contribution in [3.05, 3.63) is 66.2 Å². The minimum Gasteiger partial charge on any atom is -0.377 e. The Morgan fingerprint density at radius 2 is 1.67 bits per heavy atom. The molecule has 24 heavy (non-hydrogen) atoms. The third-order valence-electron chi connectivity index (χ3n) is 4.17. The van der Waals surface area contributed by atoms with Crippen molar-refractivity contribution < 1.29 is 0 Å². The van der Waals surface area contributed by atoms with E-state index >= 15 is 0 Å². The molecule has 120 valence electrons. The highest BCUT2D eigenvalue weighted by molar-refractivity contribution is 7.98. The second-order valence-corrected chi connectivity index (χ2v) is 7.03. The molecule has 3 aromatic carbocycles. The molecule has 1 aromatic heterocycles. The van der Waals surface area contributed by atoms with Crippen molar-refractivity contribution in [2.45, 2.75) is 10.9 Å². The van der Waals surface area contributed by atoms with Crippen LogP contribution < -0.4 is 4.90 Å². The SMILES string of the molecule is CN(C)c1ccccc1CSc1nc2cc3ccccc3cc2[nH]1. The van der Waals surface area contributed by atoms with Crippen LogP contribution in [0, 0.1) is 0 Å². The van der Waals surface area contributed by atoms with Crippen molar-refractivity contribution >= 4 is 39.3 Å². The second-order valence-electron chi connectivity index (χ2n) is 6.07. The number of nitrogens with zero attached hydrogens (tertiary/aromatic N) is 2. The van der Waals surface area contributed by atoms with Gasteiger partial charge in [-0.2, -0.15) is 0 Å². The fourth-order valence-electron chi connectivity index (χ4n) is 2.96. The average Bonchev–Trinajstić information content (AvgIpc) is 2.99. The monoisotopic (exact) mass is 333 g/mol. The number of imidazole rings is 1. The summed E-state index contributed by atoms with van der Waals surface area (Å²) in [6.45, 7) is 0. The van der Waals surface area contributed by atoms with Gasteiger partial charge >= 0.3 is 0 Å². The Balaban J connectivity index is 1.62. The molecule has 0 unspecified atom stereocenters. The molecular weight excluding hydrogens is 314 g/mol. The summed E-state index contributed by atoms with van der Waals surface area (Å²) < 4.78 is 0. The zero-order chi connectivity index (χ0) is 16.5. The number of para-hydroxylation sites is 1. The first-order valence-corrected chi connectivity index (χ1v) is 8.96. The zero-order valence-corrected chi connectivity index (χ0v) is 14.6. The highest BCUT2D eigenvalue weighted by atomic mass is 32.2. The smallest absolute Gasteiger partial charge is 0.166 e. The van der Waals surface area contributed by atoms with Gasteiger partial charge in [-0.05, 0) is 34.5 Å². The summed E-state index contributed by atoms with van der Waals surface area (Å²) in [5.41, 5.74) is 4.69. The summed E-state index contributed by atoms with van der Waals surface area (Å²) in [6, 6.07) is 21.2. The first-order chi connectivity index (χ1) is 11.7. The van der Waals surface area contributed by atoms with E-state index < -0.39 is 0 Å². The lowest BCUT2D eigenvalue weighted by atomic mass is 10.1. The summed E-state index contributed by atoms with van der Waals surface area (Å²) >= 11 is 1.74. The van der Waals surface area contributed by atoms with Crippen LogP contribution in [-0.2, 0) is 5.75 Å². The molecule has 0 aliphatic rings. The lowest BCUT2D eigenvalue weighted by molar-refractivity contribution is 1.07. The van der Waals surface area contributed by atoms with Crippen LogP contribution in [0.4, 0.5) is 5.69 Å². The van der Waals surface area contributed by atoms with Crippen molar-refractivity contribution in [3.63, 3.8) is 0 Å². The summed E-state index contributed by atoms with van der Waals surface area (Å²) in [7, 11) is 4.16. The van der Waals surface area contributed by atoms with Gasteiger partial charge in [0.05, 0.1) is 11.0 Å².